The third-order valence-corrected chi connectivity index (χ3v) is 4.82. The Morgan fingerprint density at radius 3 is 2.33 bits per heavy atom. The summed E-state index contributed by atoms with van der Waals surface area (Å²) in [7, 11) is 0. The molecule has 3 rings (SSSR count). The largest absolute Gasteiger partial charge is 0.374 e. The van der Waals surface area contributed by atoms with Gasteiger partial charge in [-0.15, -0.1) is 0 Å². The van der Waals surface area contributed by atoms with Crippen molar-refractivity contribution in [2.75, 3.05) is 18.4 Å². The van der Waals surface area contributed by atoms with Crippen molar-refractivity contribution in [3.63, 3.8) is 0 Å². The first-order chi connectivity index (χ1) is 12.9. The minimum atomic E-state index is -0.617. The van der Waals surface area contributed by atoms with Crippen LogP contribution in [0, 0.1) is 11.8 Å². The highest BCUT2D eigenvalue weighted by atomic mass is 16.5. The second-order valence-electron chi connectivity index (χ2n) is 6.65. The van der Waals surface area contributed by atoms with Gasteiger partial charge in [-0.25, -0.2) is 4.79 Å². The molecule has 2 heterocycles. The molecule has 2 fully saturated rings. The number of benzene rings is 1. The molecule has 4 N–H and O–H groups in total. The Labute approximate surface area is 156 Å². The number of carbonyl (C=O) groups is 3. The lowest BCUT2D eigenvalue weighted by molar-refractivity contribution is -0.143. The van der Waals surface area contributed by atoms with Crippen molar-refractivity contribution >= 4 is 29.5 Å². The van der Waals surface area contributed by atoms with Crippen LogP contribution < -0.4 is 16.4 Å². The second-order valence-corrected chi connectivity index (χ2v) is 6.65. The van der Waals surface area contributed by atoms with Gasteiger partial charge in [0.05, 0.1) is 24.0 Å². The van der Waals surface area contributed by atoms with Gasteiger partial charge in [0.1, 0.15) is 0 Å². The van der Waals surface area contributed by atoms with Gasteiger partial charge in [-0.05, 0) is 26.0 Å². The van der Waals surface area contributed by atoms with Crippen molar-refractivity contribution < 1.29 is 19.1 Å². The van der Waals surface area contributed by atoms with Gasteiger partial charge in [-0.2, -0.15) is 4.99 Å². The number of aliphatic imine (C=N–C) groups is 1. The zero-order valence-electron chi connectivity index (χ0n) is 15.2. The number of ether oxygens (including phenoxy) is 1. The molecule has 0 saturated carbocycles. The molecule has 4 unspecified atom stereocenters. The van der Waals surface area contributed by atoms with Crippen LogP contribution in [0.15, 0.2) is 35.3 Å². The first-order valence-corrected chi connectivity index (χ1v) is 8.83. The molecule has 0 bridgehead atoms. The molecule has 4 atom stereocenters. The smallest absolute Gasteiger partial charge is 0.348 e. The minimum Gasteiger partial charge on any atom is -0.374 e. The predicted molar refractivity (Wildman–Crippen MR) is 98.8 cm³/mol. The summed E-state index contributed by atoms with van der Waals surface area (Å²) in [4.78, 5) is 41.7. The number of carbonyl (C=O) groups excluding carboxylic acids is 3. The van der Waals surface area contributed by atoms with Crippen molar-refractivity contribution in [1.82, 2.24) is 10.2 Å². The molecule has 1 aromatic carbocycles. The summed E-state index contributed by atoms with van der Waals surface area (Å²) in [6.07, 6.45) is -0.541. The number of guanidine groups is 1. The number of hydrogen-bond acceptors (Lipinski definition) is 4. The maximum absolute atomic E-state index is 12.5. The van der Waals surface area contributed by atoms with Gasteiger partial charge in [0.15, 0.2) is 5.96 Å². The molecule has 144 valence electrons. The summed E-state index contributed by atoms with van der Waals surface area (Å²) in [6, 6.07) is 8.24. The van der Waals surface area contributed by atoms with E-state index < -0.39 is 17.9 Å². The quantitative estimate of drug-likeness (QED) is 0.401. The number of nitrogens with two attached hydrogens (primary N) is 1. The van der Waals surface area contributed by atoms with Gasteiger partial charge in [0.2, 0.25) is 11.8 Å². The van der Waals surface area contributed by atoms with Crippen LogP contribution in [0.3, 0.4) is 0 Å². The van der Waals surface area contributed by atoms with Crippen molar-refractivity contribution in [2.45, 2.75) is 26.1 Å². The Kier molecular flexibility index (Phi) is 5.41. The third kappa shape index (κ3) is 3.92. The predicted octanol–water partition coefficient (Wildman–Crippen LogP) is 0.531. The number of nitrogens with zero attached hydrogens (tertiary/aromatic N) is 2. The fourth-order valence-electron chi connectivity index (χ4n) is 3.61. The monoisotopic (exact) mass is 373 g/mol. The van der Waals surface area contributed by atoms with Crippen LogP contribution in [0.5, 0.6) is 0 Å². The summed E-state index contributed by atoms with van der Waals surface area (Å²) >= 11 is 0. The molecule has 0 spiro atoms. The highest BCUT2D eigenvalue weighted by Gasteiger charge is 2.56. The number of amides is 4. The molecule has 2 saturated heterocycles. The normalized spacial score (nSPS) is 27.6. The maximum atomic E-state index is 12.5. The zero-order chi connectivity index (χ0) is 19.6. The van der Waals surface area contributed by atoms with E-state index in [0.717, 1.165) is 0 Å². The molecule has 0 aliphatic carbocycles. The Hall–Kier alpha value is -2.94. The molecule has 4 amide bonds. The van der Waals surface area contributed by atoms with Crippen LogP contribution in [-0.4, -0.2) is 54.0 Å². The molecule has 9 nitrogen and oxygen atoms in total. The van der Waals surface area contributed by atoms with E-state index in [1.54, 1.807) is 24.3 Å². The van der Waals surface area contributed by atoms with Gasteiger partial charge in [-0.3, -0.25) is 14.5 Å². The highest BCUT2D eigenvalue weighted by molar-refractivity contribution is 6.06. The molecule has 2 aliphatic rings. The number of nitrogens with one attached hydrogen (secondary N) is 2. The Morgan fingerprint density at radius 2 is 1.74 bits per heavy atom. The molecule has 0 radical (unpaired) electrons. The summed E-state index contributed by atoms with van der Waals surface area (Å²) in [5.41, 5.74) is 6.29. The number of fused-ring (bicyclic) bond motifs is 1. The lowest BCUT2D eigenvalue weighted by Crippen LogP contribution is -2.42. The highest BCUT2D eigenvalue weighted by Crippen LogP contribution is 2.39. The lowest BCUT2D eigenvalue weighted by atomic mass is 9.91. The van der Waals surface area contributed by atoms with Crippen molar-refractivity contribution in [3.8, 4) is 0 Å². The first-order valence-electron chi connectivity index (χ1n) is 8.83. The first kappa shape index (κ1) is 18.8. The Bertz CT molecular complexity index is 740. The third-order valence-electron chi connectivity index (χ3n) is 4.82. The lowest BCUT2D eigenvalue weighted by Gasteiger charge is -2.19. The van der Waals surface area contributed by atoms with Gasteiger partial charge in [0, 0.05) is 18.8 Å². The fraction of sp³-hybridized carbons (Fsp3) is 0.444. The molecule has 1 aromatic rings. The van der Waals surface area contributed by atoms with E-state index in [2.05, 4.69) is 15.6 Å². The topological polar surface area (TPSA) is 126 Å². The molecule has 2 aliphatic heterocycles. The van der Waals surface area contributed by atoms with Crippen LogP contribution in [0.1, 0.15) is 13.8 Å². The molecule has 27 heavy (non-hydrogen) atoms. The van der Waals surface area contributed by atoms with E-state index in [1.807, 2.05) is 19.9 Å². The maximum Gasteiger partial charge on any atom is 0.348 e. The number of urea groups is 1. The number of anilines is 1. The molecule has 9 heteroatoms. The van der Waals surface area contributed by atoms with Crippen LogP contribution in [0.2, 0.25) is 0 Å². The van der Waals surface area contributed by atoms with E-state index in [-0.39, 0.29) is 43.1 Å². The average Bonchev–Trinajstić information content (AvgIpc) is 3.05. The van der Waals surface area contributed by atoms with E-state index in [4.69, 9.17) is 10.5 Å². The number of imide groups is 1. The van der Waals surface area contributed by atoms with Gasteiger partial charge < -0.3 is 21.1 Å². The Morgan fingerprint density at radius 1 is 1.15 bits per heavy atom. The fourth-order valence-corrected chi connectivity index (χ4v) is 3.61. The number of rotatable bonds is 4. The summed E-state index contributed by atoms with van der Waals surface area (Å²) in [6.45, 7) is 3.98. The van der Waals surface area contributed by atoms with Gasteiger partial charge in [0.25, 0.3) is 0 Å². The van der Waals surface area contributed by atoms with Gasteiger partial charge >= 0.3 is 6.03 Å². The number of para-hydroxylation sites is 1. The van der Waals surface area contributed by atoms with E-state index in [9.17, 15) is 14.4 Å². The summed E-state index contributed by atoms with van der Waals surface area (Å²) < 4.78 is 5.59. The number of hydrogen-bond donors (Lipinski definition) is 3. The molecule has 0 aromatic heterocycles. The van der Waals surface area contributed by atoms with E-state index >= 15 is 0 Å². The second kappa shape index (κ2) is 7.75. The minimum absolute atomic E-state index is 0.0900. The summed E-state index contributed by atoms with van der Waals surface area (Å²) in [5.74, 6) is -1.37. The van der Waals surface area contributed by atoms with E-state index in [0.29, 0.717) is 5.69 Å². The zero-order valence-corrected chi connectivity index (χ0v) is 15.2. The van der Waals surface area contributed by atoms with E-state index in [1.165, 1.54) is 4.90 Å². The Balaban J connectivity index is 1.50. The molecular formula is C18H23N5O4. The van der Waals surface area contributed by atoms with Crippen LogP contribution in [0.25, 0.3) is 0 Å². The van der Waals surface area contributed by atoms with Crippen LogP contribution in [-0.2, 0) is 14.3 Å². The van der Waals surface area contributed by atoms with Crippen LogP contribution in [0.4, 0.5) is 10.5 Å². The summed E-state index contributed by atoms with van der Waals surface area (Å²) in [5, 5.41) is 5.32. The van der Waals surface area contributed by atoms with Crippen molar-refractivity contribution in [3.05, 3.63) is 30.3 Å². The van der Waals surface area contributed by atoms with Crippen molar-refractivity contribution in [1.29, 1.82) is 0 Å². The molecular weight excluding hydrogens is 350 g/mol. The average molecular weight is 373 g/mol. The van der Waals surface area contributed by atoms with Gasteiger partial charge in [-0.1, -0.05) is 18.2 Å². The SMILES string of the molecule is CC1OC(C)C2C(=O)N(CCN/C(N)=N/C(=O)Nc3ccccc3)C(=O)C12. The van der Waals surface area contributed by atoms with Crippen LogP contribution >= 0.6 is 0 Å². The standard InChI is InChI=1S/C18H23N5O4/c1-10-13-14(11(2)27-10)16(25)23(15(13)24)9-8-20-17(19)22-18(26)21-12-6-4-3-5-7-12/h3-7,10-11,13-14H,8-9H2,1-2H3,(H4,19,20,21,22,26). The van der Waals surface area contributed by atoms with Crippen molar-refractivity contribution in [2.24, 2.45) is 22.6 Å². The number of likely N-dealkylation sites (tertiary alicyclic amines) is 1.